The third-order valence-electron chi connectivity index (χ3n) is 3.02. The van der Waals surface area contributed by atoms with E-state index in [0.29, 0.717) is 12.8 Å². The van der Waals surface area contributed by atoms with Crippen LogP contribution in [-0.4, -0.2) is 42.8 Å². The summed E-state index contributed by atoms with van der Waals surface area (Å²) in [7, 11) is 0. The molecule has 86 valence electrons. The van der Waals surface area contributed by atoms with Crippen LogP contribution in [0.2, 0.25) is 0 Å². The number of nitrogens with one attached hydrogen (secondary N) is 1. The maximum atomic E-state index is 11.9. The van der Waals surface area contributed by atoms with Crippen molar-refractivity contribution in [3.05, 3.63) is 0 Å². The van der Waals surface area contributed by atoms with Gasteiger partial charge >= 0.3 is 0 Å². The smallest absolute Gasteiger partial charge is 0.226 e. The molecule has 15 heavy (non-hydrogen) atoms. The van der Waals surface area contributed by atoms with E-state index in [1.165, 1.54) is 0 Å². The van der Waals surface area contributed by atoms with Gasteiger partial charge in [-0.2, -0.15) is 0 Å². The summed E-state index contributed by atoms with van der Waals surface area (Å²) in [4.78, 5) is 24.8. The summed E-state index contributed by atoms with van der Waals surface area (Å²) in [6.45, 7) is 3.35. The summed E-state index contributed by atoms with van der Waals surface area (Å²) in [5.74, 6) is 0.427. The van der Waals surface area contributed by atoms with Crippen LogP contribution in [0, 0.1) is 5.92 Å². The molecule has 0 radical (unpaired) electrons. The number of halogens is 1. The van der Waals surface area contributed by atoms with Crippen molar-refractivity contribution in [1.29, 1.82) is 0 Å². The van der Waals surface area contributed by atoms with E-state index in [4.69, 9.17) is 0 Å². The maximum Gasteiger partial charge on any atom is 0.226 e. The minimum atomic E-state index is -0.0133. The Hall–Kier alpha value is -0.610. The van der Waals surface area contributed by atoms with Crippen LogP contribution < -0.4 is 5.32 Å². The third kappa shape index (κ3) is 2.92. The Labute approximate surface area is 95.8 Å². The van der Waals surface area contributed by atoms with Gasteiger partial charge in [0.2, 0.25) is 5.91 Å². The number of hydrogen-bond donors (Lipinski definition) is 1. The molecule has 4 nitrogen and oxygen atoms in total. The lowest BCUT2D eigenvalue weighted by molar-refractivity contribution is -0.136. The highest BCUT2D eigenvalue weighted by molar-refractivity contribution is 5.90. The van der Waals surface area contributed by atoms with Crippen molar-refractivity contribution in [2.24, 2.45) is 5.92 Å². The first-order chi connectivity index (χ1) is 6.77. The van der Waals surface area contributed by atoms with E-state index >= 15 is 0 Å². The molecule has 1 saturated heterocycles. The van der Waals surface area contributed by atoms with Crippen LogP contribution >= 0.6 is 12.4 Å². The lowest BCUT2D eigenvalue weighted by Crippen LogP contribution is -2.48. The number of rotatable bonds is 1. The monoisotopic (exact) mass is 232 g/mol. The molecule has 1 atom stereocenters. The standard InChI is InChI=1S/C10H16N2O2.ClH/c13-9-2-1-8(7-9)10(14)12-5-3-11-4-6-12;/h8,11H,1-7H2;1H. The average molecular weight is 233 g/mol. The number of carbonyl (C=O) groups excluding carboxylic acids is 2. The molecule has 1 heterocycles. The summed E-state index contributed by atoms with van der Waals surface area (Å²) in [6.07, 6.45) is 1.84. The van der Waals surface area contributed by atoms with Gasteiger partial charge in [-0.25, -0.2) is 0 Å². The summed E-state index contributed by atoms with van der Waals surface area (Å²) in [5.41, 5.74) is 0. The summed E-state index contributed by atoms with van der Waals surface area (Å²) in [5, 5.41) is 3.21. The molecule has 2 fully saturated rings. The predicted octanol–water partition coefficient (Wildman–Crippen LogP) is 0.209. The summed E-state index contributed by atoms with van der Waals surface area (Å²) in [6, 6.07) is 0. The Morgan fingerprint density at radius 2 is 2.00 bits per heavy atom. The van der Waals surface area contributed by atoms with Crippen LogP contribution in [0.1, 0.15) is 19.3 Å². The number of nitrogens with zero attached hydrogens (tertiary/aromatic N) is 1. The zero-order valence-corrected chi connectivity index (χ0v) is 9.52. The van der Waals surface area contributed by atoms with Gasteiger partial charge < -0.3 is 10.2 Å². The van der Waals surface area contributed by atoms with Gasteiger partial charge in [-0.15, -0.1) is 12.4 Å². The molecule has 0 aromatic heterocycles. The van der Waals surface area contributed by atoms with Gasteiger partial charge in [0.1, 0.15) is 5.78 Å². The molecule has 1 unspecified atom stereocenters. The molecule has 0 aromatic carbocycles. The number of carbonyl (C=O) groups is 2. The second-order valence-corrected chi connectivity index (χ2v) is 4.05. The fourth-order valence-corrected chi connectivity index (χ4v) is 2.17. The molecule has 0 spiro atoms. The number of Topliss-reactive ketones (excluding diaryl/α,β-unsaturated/α-hetero) is 1. The quantitative estimate of drug-likeness (QED) is 0.703. The molecule has 5 heteroatoms. The second-order valence-electron chi connectivity index (χ2n) is 4.05. The van der Waals surface area contributed by atoms with Crippen LogP contribution in [-0.2, 0) is 9.59 Å². The van der Waals surface area contributed by atoms with E-state index in [-0.39, 0.29) is 30.0 Å². The van der Waals surface area contributed by atoms with Crippen molar-refractivity contribution in [3.8, 4) is 0 Å². The van der Waals surface area contributed by atoms with E-state index in [1.807, 2.05) is 4.90 Å². The van der Waals surface area contributed by atoms with Crippen LogP contribution in [0.5, 0.6) is 0 Å². The molecule has 0 bridgehead atoms. The number of piperazine rings is 1. The highest BCUT2D eigenvalue weighted by Crippen LogP contribution is 2.23. The van der Waals surface area contributed by atoms with Crippen LogP contribution in [0.25, 0.3) is 0 Å². The molecule has 2 rings (SSSR count). The van der Waals surface area contributed by atoms with Crippen molar-refractivity contribution in [2.45, 2.75) is 19.3 Å². The first kappa shape index (κ1) is 12.5. The van der Waals surface area contributed by atoms with Crippen LogP contribution in [0.4, 0.5) is 0 Å². The van der Waals surface area contributed by atoms with E-state index < -0.39 is 0 Å². The molecule has 1 amide bonds. The van der Waals surface area contributed by atoms with Crippen LogP contribution in [0.15, 0.2) is 0 Å². The topological polar surface area (TPSA) is 49.4 Å². The van der Waals surface area contributed by atoms with Gasteiger partial charge in [0.15, 0.2) is 0 Å². The van der Waals surface area contributed by atoms with Crippen molar-refractivity contribution >= 4 is 24.1 Å². The minimum absolute atomic E-state index is 0. The lowest BCUT2D eigenvalue weighted by atomic mass is 10.1. The highest BCUT2D eigenvalue weighted by atomic mass is 35.5. The molecular weight excluding hydrogens is 216 g/mol. The van der Waals surface area contributed by atoms with E-state index in [1.54, 1.807) is 0 Å². The lowest BCUT2D eigenvalue weighted by Gasteiger charge is -2.29. The molecule has 0 aromatic rings. The Balaban J connectivity index is 0.00000112. The van der Waals surface area contributed by atoms with Crippen molar-refractivity contribution in [1.82, 2.24) is 10.2 Å². The van der Waals surface area contributed by atoms with Crippen molar-refractivity contribution in [2.75, 3.05) is 26.2 Å². The normalized spacial score (nSPS) is 26.3. The predicted molar refractivity (Wildman–Crippen MR) is 59.0 cm³/mol. The van der Waals surface area contributed by atoms with E-state index in [9.17, 15) is 9.59 Å². The molecule has 1 N–H and O–H groups in total. The van der Waals surface area contributed by atoms with E-state index in [2.05, 4.69) is 5.32 Å². The molecular formula is C10H17ClN2O2. The largest absolute Gasteiger partial charge is 0.340 e. The third-order valence-corrected chi connectivity index (χ3v) is 3.02. The van der Waals surface area contributed by atoms with Gasteiger partial charge in [-0.3, -0.25) is 9.59 Å². The average Bonchev–Trinajstić information content (AvgIpc) is 2.65. The summed E-state index contributed by atoms with van der Waals surface area (Å²) < 4.78 is 0. The Morgan fingerprint density at radius 3 is 2.53 bits per heavy atom. The fraction of sp³-hybridized carbons (Fsp3) is 0.800. The Bertz CT molecular complexity index is 252. The SMILES string of the molecule is Cl.O=C1CCC(C(=O)N2CCNCC2)C1. The maximum absolute atomic E-state index is 11.9. The zero-order valence-electron chi connectivity index (χ0n) is 8.70. The number of hydrogen-bond acceptors (Lipinski definition) is 3. The Kier molecular flexibility index (Phi) is 4.54. The Morgan fingerprint density at radius 1 is 1.33 bits per heavy atom. The van der Waals surface area contributed by atoms with Crippen molar-refractivity contribution < 1.29 is 9.59 Å². The molecule has 1 aliphatic carbocycles. The van der Waals surface area contributed by atoms with Gasteiger partial charge in [-0.05, 0) is 6.42 Å². The minimum Gasteiger partial charge on any atom is -0.340 e. The second kappa shape index (κ2) is 5.47. The highest BCUT2D eigenvalue weighted by Gasteiger charge is 2.31. The first-order valence-corrected chi connectivity index (χ1v) is 5.28. The zero-order chi connectivity index (χ0) is 9.97. The van der Waals surface area contributed by atoms with Crippen molar-refractivity contribution in [3.63, 3.8) is 0 Å². The number of ketones is 1. The summed E-state index contributed by atoms with van der Waals surface area (Å²) >= 11 is 0. The van der Waals surface area contributed by atoms with Gasteiger partial charge in [0.25, 0.3) is 0 Å². The van der Waals surface area contributed by atoms with Crippen LogP contribution in [0.3, 0.4) is 0 Å². The molecule has 1 saturated carbocycles. The van der Waals surface area contributed by atoms with Gasteiger partial charge in [-0.1, -0.05) is 0 Å². The van der Waals surface area contributed by atoms with Gasteiger partial charge in [0, 0.05) is 44.9 Å². The molecule has 1 aliphatic heterocycles. The fourth-order valence-electron chi connectivity index (χ4n) is 2.17. The molecule has 2 aliphatic rings. The van der Waals surface area contributed by atoms with E-state index in [0.717, 1.165) is 32.6 Å². The van der Waals surface area contributed by atoms with Gasteiger partial charge in [0.05, 0.1) is 0 Å². The number of amides is 1. The first-order valence-electron chi connectivity index (χ1n) is 5.28.